The van der Waals surface area contributed by atoms with Gasteiger partial charge in [-0.3, -0.25) is 4.79 Å². The summed E-state index contributed by atoms with van der Waals surface area (Å²) in [4.78, 5) is 21.0. The van der Waals surface area contributed by atoms with Crippen molar-refractivity contribution in [3.05, 3.63) is 34.9 Å². The fourth-order valence-electron chi connectivity index (χ4n) is 1.37. The van der Waals surface area contributed by atoms with Crippen molar-refractivity contribution in [2.24, 2.45) is 0 Å². The Bertz CT molecular complexity index is 365. The summed E-state index contributed by atoms with van der Waals surface area (Å²) in [6, 6.07) is 5.62. The first-order valence-corrected chi connectivity index (χ1v) is 3.97. The summed E-state index contributed by atoms with van der Waals surface area (Å²) in [7, 11) is 0. The van der Waals surface area contributed by atoms with Crippen LogP contribution in [0.25, 0.3) is 5.57 Å². The highest BCUT2D eigenvalue weighted by atomic mass is 16.1. The Hall–Kier alpha value is -1.66. The maximum Gasteiger partial charge on any atom is 0.161 e. The van der Waals surface area contributed by atoms with Crippen LogP contribution >= 0.6 is 0 Å². The summed E-state index contributed by atoms with van der Waals surface area (Å²) in [5, 5.41) is 0. The summed E-state index contributed by atoms with van der Waals surface area (Å²) in [5.41, 5.74) is 2.64. The molecule has 1 aromatic rings. The number of carbonyl (C=O) groups excluding carboxylic acids is 2. The minimum absolute atomic E-state index is 0.0931. The minimum Gasteiger partial charge on any atom is -0.297 e. The number of rotatable bonds is 2. The molecule has 0 heterocycles. The summed E-state index contributed by atoms with van der Waals surface area (Å²) in [6.45, 7) is 3.73. The van der Waals surface area contributed by atoms with Crippen molar-refractivity contribution in [2.75, 3.05) is 0 Å². The Balaban J connectivity index is 3.44. The van der Waals surface area contributed by atoms with E-state index in [1.807, 2.05) is 32.0 Å². The van der Waals surface area contributed by atoms with E-state index in [0.717, 1.165) is 11.1 Å². The van der Waals surface area contributed by atoms with Gasteiger partial charge in [0.15, 0.2) is 6.29 Å². The van der Waals surface area contributed by atoms with Crippen LogP contribution in [0.5, 0.6) is 0 Å². The Labute approximate surface area is 76.9 Å². The van der Waals surface area contributed by atoms with Crippen LogP contribution in [-0.4, -0.2) is 12.2 Å². The molecule has 2 heteroatoms. The lowest BCUT2D eigenvalue weighted by Gasteiger charge is -2.05. The molecule has 0 spiro atoms. The largest absolute Gasteiger partial charge is 0.297 e. The van der Waals surface area contributed by atoms with Crippen molar-refractivity contribution in [1.29, 1.82) is 0 Å². The maximum atomic E-state index is 10.5. The molecule has 0 amide bonds. The fraction of sp³-hybridized carbons (Fsp3) is 0.182. The third-order valence-electron chi connectivity index (χ3n) is 1.98. The average molecular weight is 174 g/mol. The molecule has 0 N–H and O–H groups in total. The summed E-state index contributed by atoms with van der Waals surface area (Å²) in [6.07, 6.45) is 0.544. The van der Waals surface area contributed by atoms with Gasteiger partial charge < -0.3 is 0 Å². The van der Waals surface area contributed by atoms with Crippen molar-refractivity contribution in [3.63, 3.8) is 0 Å². The number of hydrogen-bond acceptors (Lipinski definition) is 2. The first-order chi connectivity index (χ1) is 6.20. The van der Waals surface area contributed by atoms with E-state index < -0.39 is 0 Å². The molecular weight excluding hydrogens is 164 g/mol. The number of allylic oxidation sites excluding steroid dienone is 1. The second-order valence-electron chi connectivity index (χ2n) is 2.90. The number of carbonyl (C=O) groups is 1. The van der Waals surface area contributed by atoms with Crippen molar-refractivity contribution >= 4 is 17.8 Å². The molecule has 2 nitrogen and oxygen atoms in total. The number of hydrogen-bond donors (Lipinski definition) is 0. The normalized spacial score (nSPS) is 9.08. The van der Waals surface area contributed by atoms with Gasteiger partial charge in [-0.1, -0.05) is 18.2 Å². The van der Waals surface area contributed by atoms with E-state index in [0.29, 0.717) is 11.8 Å². The van der Waals surface area contributed by atoms with Crippen LogP contribution in [0.4, 0.5) is 0 Å². The summed E-state index contributed by atoms with van der Waals surface area (Å²) >= 11 is 0. The van der Waals surface area contributed by atoms with Crippen LogP contribution < -0.4 is 0 Å². The average Bonchev–Trinajstić information content (AvgIpc) is 2.11. The zero-order chi connectivity index (χ0) is 9.84. The zero-order valence-electron chi connectivity index (χ0n) is 7.63. The number of benzene rings is 1. The Morgan fingerprint density at radius 3 is 2.23 bits per heavy atom. The van der Waals surface area contributed by atoms with Gasteiger partial charge in [-0.15, -0.1) is 0 Å². The second-order valence-corrected chi connectivity index (χ2v) is 2.90. The molecule has 0 aliphatic carbocycles. The molecule has 1 aromatic carbocycles. The molecule has 13 heavy (non-hydrogen) atoms. The van der Waals surface area contributed by atoms with Crippen molar-refractivity contribution < 1.29 is 9.59 Å². The van der Waals surface area contributed by atoms with Gasteiger partial charge >= 0.3 is 0 Å². The van der Waals surface area contributed by atoms with Gasteiger partial charge in [-0.2, -0.15) is 0 Å². The second kappa shape index (κ2) is 3.83. The van der Waals surface area contributed by atoms with Gasteiger partial charge in [-0.05, 0) is 25.0 Å². The smallest absolute Gasteiger partial charge is 0.161 e. The molecule has 0 unspecified atom stereocenters. The molecule has 0 radical (unpaired) electrons. The first-order valence-electron chi connectivity index (χ1n) is 3.97. The van der Waals surface area contributed by atoms with Crippen molar-refractivity contribution in [1.82, 2.24) is 0 Å². The molecule has 0 saturated carbocycles. The highest BCUT2D eigenvalue weighted by molar-refractivity contribution is 6.18. The van der Waals surface area contributed by atoms with Crippen LogP contribution in [0.15, 0.2) is 18.2 Å². The van der Waals surface area contributed by atoms with Crippen LogP contribution in [0.1, 0.15) is 16.7 Å². The van der Waals surface area contributed by atoms with Gasteiger partial charge in [-0.25, -0.2) is 4.79 Å². The van der Waals surface area contributed by atoms with Gasteiger partial charge in [0, 0.05) is 5.56 Å². The third-order valence-corrected chi connectivity index (χ3v) is 1.98. The van der Waals surface area contributed by atoms with Crippen LogP contribution in [0, 0.1) is 13.8 Å². The molecule has 0 aromatic heterocycles. The lowest BCUT2D eigenvalue weighted by molar-refractivity contribution is -0.103. The molecule has 0 saturated heterocycles. The topological polar surface area (TPSA) is 34.1 Å². The highest BCUT2D eigenvalue weighted by Crippen LogP contribution is 2.19. The lowest BCUT2D eigenvalue weighted by atomic mass is 9.97. The minimum atomic E-state index is 0.0931. The molecule has 1 rings (SSSR count). The lowest BCUT2D eigenvalue weighted by Crippen LogP contribution is -1.94. The molecule has 66 valence electrons. The van der Waals surface area contributed by atoms with E-state index in [2.05, 4.69) is 0 Å². The summed E-state index contributed by atoms with van der Waals surface area (Å²) in [5.74, 6) is 1.65. The van der Waals surface area contributed by atoms with E-state index in [9.17, 15) is 9.59 Å². The standard InChI is InChI=1S/C11H10O2/c1-8-4-3-5-9(2)11(8)10(6-12)7-13/h3-6H,1-2H3. The van der Waals surface area contributed by atoms with Gasteiger partial charge in [0.2, 0.25) is 0 Å². The molecule has 0 fully saturated rings. The first kappa shape index (κ1) is 9.43. The van der Waals surface area contributed by atoms with Crippen LogP contribution in [0.3, 0.4) is 0 Å². The Kier molecular flexibility index (Phi) is 2.78. The van der Waals surface area contributed by atoms with Gasteiger partial charge in [0.1, 0.15) is 11.5 Å². The van der Waals surface area contributed by atoms with E-state index in [1.165, 1.54) is 0 Å². The van der Waals surface area contributed by atoms with Gasteiger partial charge in [0.25, 0.3) is 0 Å². The SMILES string of the molecule is Cc1cccc(C)c1C(=C=O)C=O. The molecule has 0 aliphatic rings. The Morgan fingerprint density at radius 2 is 1.85 bits per heavy atom. The predicted molar refractivity (Wildman–Crippen MR) is 51.1 cm³/mol. The maximum absolute atomic E-state index is 10.5. The van der Waals surface area contributed by atoms with E-state index in [-0.39, 0.29) is 5.57 Å². The molecule has 0 atom stereocenters. The summed E-state index contributed by atoms with van der Waals surface area (Å²) < 4.78 is 0. The van der Waals surface area contributed by atoms with E-state index in [4.69, 9.17) is 0 Å². The number of aryl methyl sites for hydroxylation is 2. The molecular formula is C11H10O2. The van der Waals surface area contributed by atoms with Crippen molar-refractivity contribution in [3.8, 4) is 0 Å². The highest BCUT2D eigenvalue weighted by Gasteiger charge is 2.07. The Morgan fingerprint density at radius 1 is 1.31 bits per heavy atom. The monoisotopic (exact) mass is 174 g/mol. The molecule has 0 bridgehead atoms. The van der Waals surface area contributed by atoms with E-state index in [1.54, 1.807) is 5.94 Å². The fourth-order valence-corrected chi connectivity index (χ4v) is 1.37. The van der Waals surface area contributed by atoms with Crippen LogP contribution in [-0.2, 0) is 9.59 Å². The van der Waals surface area contributed by atoms with Crippen molar-refractivity contribution in [2.45, 2.75) is 13.8 Å². The number of aldehydes is 1. The van der Waals surface area contributed by atoms with E-state index >= 15 is 0 Å². The molecule has 0 aliphatic heterocycles. The predicted octanol–water partition coefficient (Wildman–Crippen LogP) is 1.72. The quantitative estimate of drug-likeness (QED) is 0.388. The zero-order valence-corrected chi connectivity index (χ0v) is 7.63. The third kappa shape index (κ3) is 1.74. The van der Waals surface area contributed by atoms with Crippen LogP contribution in [0.2, 0.25) is 0 Å². The van der Waals surface area contributed by atoms with Gasteiger partial charge in [0.05, 0.1) is 0 Å².